The zero-order valence-electron chi connectivity index (χ0n) is 10.3. The largest absolute Gasteiger partial charge is 0.389 e. The van der Waals surface area contributed by atoms with Crippen LogP contribution in [0.4, 0.5) is 0 Å². The highest BCUT2D eigenvalue weighted by molar-refractivity contribution is 9.10. The summed E-state index contributed by atoms with van der Waals surface area (Å²) in [4.78, 5) is 0. The van der Waals surface area contributed by atoms with E-state index in [0.29, 0.717) is 0 Å². The van der Waals surface area contributed by atoms with Gasteiger partial charge in [0, 0.05) is 16.6 Å². The van der Waals surface area contributed by atoms with Crippen LogP contribution in [-0.4, -0.2) is 16.7 Å². The van der Waals surface area contributed by atoms with Crippen LogP contribution in [-0.2, 0) is 0 Å². The van der Waals surface area contributed by atoms with Crippen LogP contribution >= 0.6 is 15.9 Å². The van der Waals surface area contributed by atoms with Crippen molar-refractivity contribution in [1.29, 1.82) is 0 Å². The second-order valence-electron chi connectivity index (χ2n) is 4.82. The number of benzene rings is 1. The number of halogens is 1. The molecule has 0 aliphatic heterocycles. The molecule has 0 aliphatic rings. The third-order valence-corrected chi connectivity index (χ3v) is 3.46. The van der Waals surface area contributed by atoms with Gasteiger partial charge in [-0.2, -0.15) is 0 Å². The summed E-state index contributed by atoms with van der Waals surface area (Å²) in [6.07, 6.45) is 0. The lowest BCUT2D eigenvalue weighted by atomic mass is 9.98. The minimum absolute atomic E-state index is 0.0474. The molecule has 1 aromatic rings. The Morgan fingerprint density at radius 2 is 1.69 bits per heavy atom. The Hall–Kier alpha value is -0.380. The van der Waals surface area contributed by atoms with E-state index in [4.69, 9.17) is 0 Å². The fourth-order valence-corrected chi connectivity index (χ4v) is 1.69. The maximum atomic E-state index is 9.86. The van der Waals surface area contributed by atoms with Crippen LogP contribution < -0.4 is 5.32 Å². The van der Waals surface area contributed by atoms with E-state index in [0.717, 1.165) is 4.47 Å². The fraction of sp³-hybridized carbons (Fsp3) is 0.538. The van der Waals surface area contributed by atoms with Crippen molar-refractivity contribution >= 4 is 15.9 Å². The molecular weight excluding hydrogens is 266 g/mol. The van der Waals surface area contributed by atoms with E-state index in [2.05, 4.69) is 40.3 Å². The Balaban J connectivity index is 2.65. The van der Waals surface area contributed by atoms with Crippen LogP contribution in [0.3, 0.4) is 0 Å². The van der Waals surface area contributed by atoms with Gasteiger partial charge in [-0.05, 0) is 45.4 Å². The summed E-state index contributed by atoms with van der Waals surface area (Å²) >= 11 is 3.42. The molecule has 0 radical (unpaired) electrons. The quantitative estimate of drug-likeness (QED) is 0.890. The van der Waals surface area contributed by atoms with E-state index >= 15 is 0 Å². The van der Waals surface area contributed by atoms with Gasteiger partial charge in [-0.15, -0.1) is 0 Å². The second kappa shape index (κ2) is 5.30. The molecule has 0 aliphatic carbocycles. The van der Waals surface area contributed by atoms with Crippen LogP contribution in [0.1, 0.15) is 39.3 Å². The average molecular weight is 286 g/mol. The molecule has 0 heterocycles. The summed E-state index contributed by atoms with van der Waals surface area (Å²) in [6.45, 7) is 7.73. The molecule has 16 heavy (non-hydrogen) atoms. The maximum absolute atomic E-state index is 9.86. The summed E-state index contributed by atoms with van der Waals surface area (Å²) in [7, 11) is 0. The Morgan fingerprint density at radius 1 is 1.19 bits per heavy atom. The fourth-order valence-electron chi connectivity index (χ4n) is 1.43. The Kier molecular flexibility index (Phi) is 4.53. The summed E-state index contributed by atoms with van der Waals surface area (Å²) in [5.74, 6) is 0. The number of hydrogen-bond donors (Lipinski definition) is 2. The average Bonchev–Trinajstić information content (AvgIpc) is 2.17. The summed E-state index contributed by atoms with van der Waals surface area (Å²) in [6, 6.07) is 8.50. The smallest absolute Gasteiger partial charge is 0.0741 e. The van der Waals surface area contributed by atoms with Gasteiger partial charge in [-0.3, -0.25) is 0 Å². The molecule has 2 N–H and O–H groups in total. The predicted octanol–water partition coefficient (Wildman–Crippen LogP) is 3.26. The SMILES string of the molecule is CC(N[C@H](C)c1ccc(Br)cc1)C(C)(C)O. The summed E-state index contributed by atoms with van der Waals surface area (Å²) in [5.41, 5.74) is 0.517. The Bertz CT molecular complexity index is 329. The molecule has 1 aromatic carbocycles. The lowest BCUT2D eigenvalue weighted by Crippen LogP contribution is -2.45. The van der Waals surface area contributed by atoms with E-state index in [1.54, 1.807) is 0 Å². The predicted molar refractivity (Wildman–Crippen MR) is 71.5 cm³/mol. The molecule has 0 saturated heterocycles. The lowest BCUT2D eigenvalue weighted by Gasteiger charge is -2.30. The highest BCUT2D eigenvalue weighted by Crippen LogP contribution is 2.19. The van der Waals surface area contributed by atoms with E-state index in [1.807, 2.05) is 32.9 Å². The van der Waals surface area contributed by atoms with Gasteiger partial charge in [-0.1, -0.05) is 28.1 Å². The highest BCUT2D eigenvalue weighted by Gasteiger charge is 2.23. The zero-order valence-corrected chi connectivity index (χ0v) is 11.9. The molecule has 0 fully saturated rings. The van der Waals surface area contributed by atoms with Gasteiger partial charge in [0.2, 0.25) is 0 Å². The van der Waals surface area contributed by atoms with Crippen LogP contribution in [0.5, 0.6) is 0 Å². The minimum atomic E-state index is -0.705. The van der Waals surface area contributed by atoms with Crippen LogP contribution in [0.2, 0.25) is 0 Å². The topological polar surface area (TPSA) is 32.3 Å². The maximum Gasteiger partial charge on any atom is 0.0741 e. The first-order chi connectivity index (χ1) is 7.30. The van der Waals surface area contributed by atoms with Gasteiger partial charge < -0.3 is 10.4 Å². The van der Waals surface area contributed by atoms with Crippen molar-refractivity contribution in [2.75, 3.05) is 0 Å². The van der Waals surface area contributed by atoms with Crippen LogP contribution in [0, 0.1) is 0 Å². The van der Waals surface area contributed by atoms with Crippen molar-refractivity contribution in [3.8, 4) is 0 Å². The standard InChI is InChI=1S/C13H20BrNO/c1-9(15-10(2)13(3,4)16)11-5-7-12(14)8-6-11/h5-10,15-16H,1-4H3/t9-,10?/m1/s1. The van der Waals surface area contributed by atoms with Crippen molar-refractivity contribution in [1.82, 2.24) is 5.32 Å². The molecule has 2 nitrogen and oxygen atoms in total. The monoisotopic (exact) mass is 285 g/mol. The summed E-state index contributed by atoms with van der Waals surface area (Å²) in [5, 5.41) is 13.2. The van der Waals surface area contributed by atoms with Crippen molar-refractivity contribution in [3.63, 3.8) is 0 Å². The van der Waals surface area contributed by atoms with Crippen molar-refractivity contribution in [2.24, 2.45) is 0 Å². The van der Waals surface area contributed by atoms with Gasteiger partial charge in [-0.25, -0.2) is 0 Å². The number of hydrogen-bond acceptors (Lipinski definition) is 2. The van der Waals surface area contributed by atoms with Crippen molar-refractivity contribution < 1.29 is 5.11 Å². The zero-order chi connectivity index (χ0) is 12.3. The third kappa shape index (κ3) is 3.89. The van der Waals surface area contributed by atoms with Crippen LogP contribution in [0.15, 0.2) is 28.7 Å². The molecule has 1 rings (SSSR count). The number of nitrogens with one attached hydrogen (secondary N) is 1. The van der Waals surface area contributed by atoms with Gasteiger partial charge in [0.05, 0.1) is 5.60 Å². The third-order valence-electron chi connectivity index (χ3n) is 2.93. The van der Waals surface area contributed by atoms with Gasteiger partial charge >= 0.3 is 0 Å². The second-order valence-corrected chi connectivity index (χ2v) is 5.73. The first-order valence-corrected chi connectivity index (χ1v) is 6.34. The molecular formula is C13H20BrNO. The van der Waals surface area contributed by atoms with Gasteiger partial charge in [0.1, 0.15) is 0 Å². The van der Waals surface area contributed by atoms with Crippen molar-refractivity contribution in [3.05, 3.63) is 34.3 Å². The molecule has 0 amide bonds. The molecule has 0 spiro atoms. The minimum Gasteiger partial charge on any atom is -0.389 e. The first kappa shape index (κ1) is 13.7. The van der Waals surface area contributed by atoms with E-state index in [9.17, 15) is 5.11 Å². The molecule has 0 aromatic heterocycles. The van der Waals surface area contributed by atoms with Gasteiger partial charge in [0.25, 0.3) is 0 Å². The highest BCUT2D eigenvalue weighted by atomic mass is 79.9. The molecule has 2 atom stereocenters. The van der Waals surface area contributed by atoms with Crippen molar-refractivity contribution in [2.45, 2.75) is 45.4 Å². The Morgan fingerprint density at radius 3 is 2.12 bits per heavy atom. The number of aliphatic hydroxyl groups is 1. The van der Waals surface area contributed by atoms with Crippen LogP contribution in [0.25, 0.3) is 0 Å². The van der Waals surface area contributed by atoms with E-state index < -0.39 is 5.60 Å². The van der Waals surface area contributed by atoms with Gasteiger partial charge in [0.15, 0.2) is 0 Å². The van der Waals surface area contributed by atoms with E-state index in [1.165, 1.54) is 5.56 Å². The molecule has 1 unspecified atom stereocenters. The normalized spacial score (nSPS) is 15.9. The molecule has 0 bridgehead atoms. The first-order valence-electron chi connectivity index (χ1n) is 5.54. The summed E-state index contributed by atoms with van der Waals surface area (Å²) < 4.78 is 1.08. The van der Waals surface area contributed by atoms with E-state index in [-0.39, 0.29) is 12.1 Å². The number of rotatable bonds is 4. The molecule has 3 heteroatoms. The Labute approximate surface area is 106 Å². The molecule has 0 saturated carbocycles. The molecule has 90 valence electrons. The lowest BCUT2D eigenvalue weighted by molar-refractivity contribution is 0.0405.